The molecule has 0 aliphatic rings. The van der Waals surface area contributed by atoms with E-state index < -0.39 is 0 Å². The van der Waals surface area contributed by atoms with Gasteiger partial charge in [-0.2, -0.15) is 0 Å². The molecule has 21 heavy (non-hydrogen) atoms. The second kappa shape index (κ2) is 9.34. The molecule has 3 nitrogen and oxygen atoms in total. The standard InChI is InChI=1S/C16H18FNO2.ClH/c17-15-7-5-13(6-8-15)12-20-16-4-2-1-3-14(16)11-18-9-10-19;/h1-8,18-19H,9-12H2;1H. The first kappa shape index (κ1) is 17.4. The maximum Gasteiger partial charge on any atom is 0.124 e. The Morgan fingerprint density at radius 3 is 2.48 bits per heavy atom. The molecule has 2 aromatic carbocycles. The van der Waals surface area contributed by atoms with Crippen molar-refractivity contribution in [2.45, 2.75) is 13.2 Å². The fraction of sp³-hybridized carbons (Fsp3) is 0.250. The number of para-hydroxylation sites is 1. The molecule has 0 heterocycles. The average molecular weight is 312 g/mol. The predicted octanol–water partition coefficient (Wildman–Crippen LogP) is 2.91. The predicted molar refractivity (Wildman–Crippen MR) is 83.2 cm³/mol. The van der Waals surface area contributed by atoms with Crippen molar-refractivity contribution in [1.82, 2.24) is 5.32 Å². The summed E-state index contributed by atoms with van der Waals surface area (Å²) in [5, 5.41) is 11.9. The highest BCUT2D eigenvalue weighted by Gasteiger charge is 2.03. The highest BCUT2D eigenvalue weighted by Crippen LogP contribution is 2.19. The van der Waals surface area contributed by atoms with E-state index in [1.807, 2.05) is 24.3 Å². The first-order valence-electron chi connectivity index (χ1n) is 6.56. The number of ether oxygens (including phenoxy) is 1. The van der Waals surface area contributed by atoms with E-state index in [4.69, 9.17) is 9.84 Å². The van der Waals surface area contributed by atoms with Crippen LogP contribution >= 0.6 is 12.4 Å². The molecule has 0 saturated heterocycles. The van der Waals surface area contributed by atoms with Crippen molar-refractivity contribution in [2.24, 2.45) is 0 Å². The van der Waals surface area contributed by atoms with E-state index in [1.165, 1.54) is 12.1 Å². The third-order valence-corrected chi connectivity index (χ3v) is 2.88. The molecule has 2 aromatic rings. The Kier molecular flexibility index (Phi) is 7.75. The fourth-order valence-electron chi connectivity index (χ4n) is 1.83. The molecule has 0 radical (unpaired) electrons. The number of benzene rings is 2. The number of rotatable bonds is 7. The molecule has 0 aliphatic heterocycles. The number of hydrogen-bond donors (Lipinski definition) is 2. The molecule has 0 spiro atoms. The third kappa shape index (κ3) is 5.71. The van der Waals surface area contributed by atoms with Gasteiger partial charge in [0.2, 0.25) is 0 Å². The zero-order valence-electron chi connectivity index (χ0n) is 11.6. The lowest BCUT2D eigenvalue weighted by molar-refractivity contribution is 0.288. The van der Waals surface area contributed by atoms with E-state index in [1.54, 1.807) is 12.1 Å². The second-order valence-corrected chi connectivity index (χ2v) is 4.42. The lowest BCUT2D eigenvalue weighted by atomic mass is 10.2. The highest BCUT2D eigenvalue weighted by molar-refractivity contribution is 5.85. The molecule has 0 amide bonds. The Bertz CT molecular complexity index is 534. The first-order valence-corrected chi connectivity index (χ1v) is 6.56. The number of aliphatic hydroxyl groups is 1. The van der Waals surface area contributed by atoms with E-state index in [0.29, 0.717) is 19.7 Å². The van der Waals surface area contributed by atoms with Crippen LogP contribution in [0.15, 0.2) is 48.5 Å². The SMILES string of the molecule is Cl.OCCNCc1ccccc1OCc1ccc(F)cc1. The largest absolute Gasteiger partial charge is 0.489 e. The van der Waals surface area contributed by atoms with Gasteiger partial charge in [0.15, 0.2) is 0 Å². The van der Waals surface area contributed by atoms with Crippen molar-refractivity contribution in [3.63, 3.8) is 0 Å². The van der Waals surface area contributed by atoms with Crippen molar-refractivity contribution in [2.75, 3.05) is 13.2 Å². The topological polar surface area (TPSA) is 41.5 Å². The fourth-order valence-corrected chi connectivity index (χ4v) is 1.83. The molecule has 0 atom stereocenters. The van der Waals surface area contributed by atoms with Crippen molar-refractivity contribution in [1.29, 1.82) is 0 Å². The van der Waals surface area contributed by atoms with Crippen molar-refractivity contribution < 1.29 is 14.2 Å². The van der Waals surface area contributed by atoms with Crippen LogP contribution in [-0.2, 0) is 13.2 Å². The van der Waals surface area contributed by atoms with Gasteiger partial charge >= 0.3 is 0 Å². The minimum absolute atomic E-state index is 0. The summed E-state index contributed by atoms with van der Waals surface area (Å²) < 4.78 is 18.6. The summed E-state index contributed by atoms with van der Waals surface area (Å²) in [6, 6.07) is 14.0. The van der Waals surface area contributed by atoms with Crippen LogP contribution in [0.2, 0.25) is 0 Å². The van der Waals surface area contributed by atoms with Crippen molar-refractivity contribution in [3.05, 3.63) is 65.5 Å². The summed E-state index contributed by atoms with van der Waals surface area (Å²) in [6.07, 6.45) is 0. The van der Waals surface area contributed by atoms with Gasteiger partial charge < -0.3 is 15.2 Å². The van der Waals surface area contributed by atoms with Gasteiger partial charge in [0.25, 0.3) is 0 Å². The van der Waals surface area contributed by atoms with Crippen LogP contribution in [0.1, 0.15) is 11.1 Å². The van der Waals surface area contributed by atoms with E-state index >= 15 is 0 Å². The van der Waals surface area contributed by atoms with Crippen LogP contribution in [0.3, 0.4) is 0 Å². The molecule has 114 valence electrons. The monoisotopic (exact) mass is 311 g/mol. The van der Waals surface area contributed by atoms with Crippen LogP contribution in [0, 0.1) is 5.82 Å². The van der Waals surface area contributed by atoms with Gasteiger partial charge in [0, 0.05) is 18.7 Å². The lowest BCUT2D eigenvalue weighted by Crippen LogP contribution is -2.18. The lowest BCUT2D eigenvalue weighted by Gasteiger charge is -2.12. The van der Waals surface area contributed by atoms with Crippen molar-refractivity contribution >= 4 is 12.4 Å². The van der Waals surface area contributed by atoms with Gasteiger partial charge in [0.05, 0.1) is 6.61 Å². The summed E-state index contributed by atoms with van der Waals surface area (Å²) in [5.41, 5.74) is 1.95. The molecule has 0 aliphatic carbocycles. The number of nitrogens with one attached hydrogen (secondary N) is 1. The van der Waals surface area contributed by atoms with Crippen molar-refractivity contribution in [3.8, 4) is 5.75 Å². The summed E-state index contributed by atoms with van der Waals surface area (Å²) >= 11 is 0. The van der Waals surface area contributed by atoms with E-state index in [0.717, 1.165) is 16.9 Å². The quantitative estimate of drug-likeness (QED) is 0.773. The first-order chi connectivity index (χ1) is 9.79. The van der Waals surface area contributed by atoms with Crippen LogP contribution in [0.5, 0.6) is 5.75 Å². The Hall–Kier alpha value is -1.62. The molecule has 0 fully saturated rings. The average Bonchev–Trinajstić information content (AvgIpc) is 2.48. The maximum absolute atomic E-state index is 12.8. The normalized spacial score (nSPS) is 10.0. The summed E-state index contributed by atoms with van der Waals surface area (Å²) in [7, 11) is 0. The second-order valence-electron chi connectivity index (χ2n) is 4.42. The minimum Gasteiger partial charge on any atom is -0.489 e. The summed E-state index contributed by atoms with van der Waals surface area (Å²) in [6.45, 7) is 1.70. The van der Waals surface area contributed by atoms with E-state index in [2.05, 4.69) is 5.32 Å². The number of hydrogen-bond acceptors (Lipinski definition) is 3. The van der Waals surface area contributed by atoms with Gasteiger partial charge in [-0.05, 0) is 23.8 Å². The third-order valence-electron chi connectivity index (χ3n) is 2.88. The molecule has 0 aromatic heterocycles. The zero-order chi connectivity index (χ0) is 14.2. The molecular weight excluding hydrogens is 293 g/mol. The summed E-state index contributed by atoms with van der Waals surface area (Å²) in [4.78, 5) is 0. The van der Waals surface area contributed by atoms with Gasteiger partial charge in [-0.25, -0.2) is 4.39 Å². The molecule has 2 N–H and O–H groups in total. The van der Waals surface area contributed by atoms with Crippen LogP contribution in [0.25, 0.3) is 0 Å². The van der Waals surface area contributed by atoms with E-state index in [-0.39, 0.29) is 24.8 Å². The number of halogens is 2. The zero-order valence-corrected chi connectivity index (χ0v) is 12.4. The Balaban J connectivity index is 0.00000220. The maximum atomic E-state index is 12.8. The molecule has 5 heteroatoms. The minimum atomic E-state index is -0.248. The van der Waals surface area contributed by atoms with Gasteiger partial charge in [-0.15, -0.1) is 12.4 Å². The van der Waals surface area contributed by atoms with Gasteiger partial charge in [-0.3, -0.25) is 0 Å². The molecule has 0 bridgehead atoms. The molecule has 0 saturated carbocycles. The molecule has 0 unspecified atom stereocenters. The summed E-state index contributed by atoms with van der Waals surface area (Å²) in [5.74, 6) is 0.546. The molecule has 2 rings (SSSR count). The Labute approximate surface area is 130 Å². The molecular formula is C16H19ClFNO2. The van der Waals surface area contributed by atoms with E-state index in [9.17, 15) is 4.39 Å². The van der Waals surface area contributed by atoms with Crippen LogP contribution in [-0.4, -0.2) is 18.3 Å². The smallest absolute Gasteiger partial charge is 0.124 e. The number of aliphatic hydroxyl groups excluding tert-OH is 1. The van der Waals surface area contributed by atoms with Crippen LogP contribution < -0.4 is 10.1 Å². The van der Waals surface area contributed by atoms with Crippen LogP contribution in [0.4, 0.5) is 4.39 Å². The highest BCUT2D eigenvalue weighted by atomic mass is 35.5. The Morgan fingerprint density at radius 1 is 1.05 bits per heavy atom. The van der Waals surface area contributed by atoms with Gasteiger partial charge in [-0.1, -0.05) is 30.3 Å². The van der Waals surface area contributed by atoms with Gasteiger partial charge in [0.1, 0.15) is 18.2 Å². The Morgan fingerprint density at radius 2 is 1.76 bits per heavy atom.